The standard InChI is InChI=1S/C37H58O3Si2/c1-7-41(8-2,9-3)40-36-28-27-32(35(36)29-30-38)22-16-12-10-11-13-21-31-39-42(37(4,5)6,33-23-17-14-18-24-33)34-25-19-15-20-26-34/h14-15,17-20,23-28,30,32,35-36H,7-13,16,21-22,29,31H2,1-6H3. The molecule has 3 unspecified atom stereocenters. The third kappa shape index (κ3) is 8.65. The summed E-state index contributed by atoms with van der Waals surface area (Å²) in [5.74, 6) is 0.815. The highest BCUT2D eigenvalue weighted by atomic mass is 28.4. The van der Waals surface area contributed by atoms with Gasteiger partial charge in [0.15, 0.2) is 8.32 Å². The van der Waals surface area contributed by atoms with Crippen LogP contribution in [0.4, 0.5) is 0 Å². The second-order valence-corrected chi connectivity index (χ2v) is 22.4. The largest absolute Gasteiger partial charge is 0.410 e. The van der Waals surface area contributed by atoms with Crippen LogP contribution in [-0.2, 0) is 13.6 Å². The van der Waals surface area contributed by atoms with Crippen molar-refractivity contribution in [2.75, 3.05) is 6.61 Å². The molecule has 42 heavy (non-hydrogen) atoms. The van der Waals surface area contributed by atoms with Crippen LogP contribution < -0.4 is 10.4 Å². The highest BCUT2D eigenvalue weighted by molar-refractivity contribution is 6.99. The first kappa shape index (κ1) is 34.7. The van der Waals surface area contributed by atoms with Crippen molar-refractivity contribution in [1.29, 1.82) is 0 Å². The maximum Gasteiger partial charge on any atom is 0.261 e. The van der Waals surface area contributed by atoms with Crippen LogP contribution in [0.1, 0.15) is 92.9 Å². The van der Waals surface area contributed by atoms with Crippen LogP contribution in [0, 0.1) is 11.8 Å². The van der Waals surface area contributed by atoms with Crippen molar-refractivity contribution in [3.05, 3.63) is 72.8 Å². The molecule has 0 radical (unpaired) electrons. The number of carbonyl (C=O) groups is 1. The fourth-order valence-corrected chi connectivity index (χ4v) is 14.5. The first-order chi connectivity index (χ1) is 20.3. The van der Waals surface area contributed by atoms with Gasteiger partial charge in [0, 0.05) is 18.9 Å². The Labute approximate surface area is 259 Å². The molecule has 0 fully saturated rings. The van der Waals surface area contributed by atoms with Gasteiger partial charge in [0.1, 0.15) is 6.29 Å². The van der Waals surface area contributed by atoms with Crippen molar-refractivity contribution in [2.24, 2.45) is 11.8 Å². The number of rotatable bonds is 19. The van der Waals surface area contributed by atoms with Gasteiger partial charge >= 0.3 is 0 Å². The summed E-state index contributed by atoms with van der Waals surface area (Å²) < 4.78 is 13.9. The van der Waals surface area contributed by atoms with Gasteiger partial charge in [-0.2, -0.15) is 0 Å². The quantitative estimate of drug-likeness (QED) is 0.0692. The van der Waals surface area contributed by atoms with E-state index in [0.29, 0.717) is 18.3 Å². The fourth-order valence-electron chi connectivity index (χ4n) is 7.10. The normalized spacial score (nSPS) is 19.3. The van der Waals surface area contributed by atoms with Gasteiger partial charge in [-0.3, -0.25) is 0 Å². The van der Waals surface area contributed by atoms with E-state index >= 15 is 0 Å². The van der Waals surface area contributed by atoms with E-state index in [1.807, 2.05) is 0 Å². The van der Waals surface area contributed by atoms with E-state index in [2.05, 4.69) is 114 Å². The van der Waals surface area contributed by atoms with Crippen LogP contribution in [0.25, 0.3) is 0 Å². The van der Waals surface area contributed by atoms with Crippen LogP contribution in [0.3, 0.4) is 0 Å². The molecule has 0 saturated carbocycles. The van der Waals surface area contributed by atoms with Crippen molar-refractivity contribution in [3.63, 3.8) is 0 Å². The van der Waals surface area contributed by atoms with Crippen LogP contribution in [-0.4, -0.2) is 35.6 Å². The van der Waals surface area contributed by atoms with E-state index in [9.17, 15) is 4.79 Å². The Morgan fingerprint density at radius 1 is 0.738 bits per heavy atom. The highest BCUT2D eigenvalue weighted by Gasteiger charge is 2.50. The number of carbonyl (C=O) groups excluding carboxylic acids is 1. The molecule has 0 spiro atoms. The first-order valence-electron chi connectivity index (χ1n) is 16.8. The highest BCUT2D eigenvalue weighted by Crippen LogP contribution is 2.38. The minimum atomic E-state index is -2.43. The molecule has 0 N–H and O–H groups in total. The second kappa shape index (κ2) is 16.9. The zero-order chi connectivity index (χ0) is 30.5. The Morgan fingerprint density at radius 3 is 1.76 bits per heavy atom. The number of benzene rings is 2. The van der Waals surface area contributed by atoms with Gasteiger partial charge in [0.2, 0.25) is 0 Å². The lowest BCUT2D eigenvalue weighted by Gasteiger charge is -2.43. The molecule has 5 heteroatoms. The molecule has 232 valence electrons. The van der Waals surface area contributed by atoms with Crippen molar-refractivity contribution < 1.29 is 13.6 Å². The summed E-state index contributed by atoms with van der Waals surface area (Å²) in [5.41, 5.74) is 0. The number of hydrogen-bond donors (Lipinski definition) is 0. The van der Waals surface area contributed by atoms with Gasteiger partial charge in [0.05, 0.1) is 6.10 Å². The third-order valence-electron chi connectivity index (χ3n) is 9.87. The number of hydrogen-bond acceptors (Lipinski definition) is 3. The van der Waals surface area contributed by atoms with Gasteiger partial charge in [-0.25, -0.2) is 0 Å². The lowest BCUT2D eigenvalue weighted by Crippen LogP contribution is -2.66. The Bertz CT molecular complexity index is 1010. The topological polar surface area (TPSA) is 35.5 Å². The Balaban J connectivity index is 1.45. The van der Waals surface area contributed by atoms with E-state index in [0.717, 1.165) is 37.4 Å². The minimum absolute atomic E-state index is 0.0312. The maximum absolute atomic E-state index is 11.5. The van der Waals surface area contributed by atoms with Crippen molar-refractivity contribution >= 4 is 33.3 Å². The van der Waals surface area contributed by atoms with E-state index in [1.54, 1.807) is 0 Å². The van der Waals surface area contributed by atoms with Crippen LogP contribution in [0.2, 0.25) is 23.2 Å². The lowest BCUT2D eigenvalue weighted by atomic mass is 9.87. The lowest BCUT2D eigenvalue weighted by molar-refractivity contribution is -0.109. The number of unbranched alkanes of at least 4 members (excludes halogenated alkanes) is 5. The summed E-state index contributed by atoms with van der Waals surface area (Å²) in [6.07, 6.45) is 15.0. The van der Waals surface area contributed by atoms with Gasteiger partial charge in [-0.05, 0) is 52.3 Å². The van der Waals surface area contributed by atoms with E-state index in [4.69, 9.17) is 8.85 Å². The molecule has 1 aliphatic rings. The minimum Gasteiger partial charge on any atom is -0.410 e. The van der Waals surface area contributed by atoms with Gasteiger partial charge in [-0.1, -0.05) is 146 Å². The Hall–Kier alpha value is -1.80. The molecule has 2 aromatic rings. The summed E-state index contributed by atoms with van der Waals surface area (Å²) in [5, 5.41) is 2.75. The van der Waals surface area contributed by atoms with Crippen LogP contribution >= 0.6 is 0 Å². The third-order valence-corrected chi connectivity index (χ3v) is 19.6. The van der Waals surface area contributed by atoms with Crippen molar-refractivity contribution in [3.8, 4) is 0 Å². The molecule has 2 aromatic carbocycles. The summed E-state index contributed by atoms with van der Waals surface area (Å²) in [6, 6.07) is 25.4. The summed E-state index contributed by atoms with van der Waals surface area (Å²) in [4.78, 5) is 11.5. The maximum atomic E-state index is 11.5. The molecule has 1 aliphatic carbocycles. The van der Waals surface area contributed by atoms with Crippen molar-refractivity contribution in [2.45, 2.75) is 122 Å². The molecule has 0 amide bonds. The monoisotopic (exact) mass is 606 g/mol. The SMILES string of the molecule is CC[Si](CC)(CC)OC1C=CC(CCCCCCCCO[Si](c2ccccc2)(c2ccccc2)C(C)(C)C)C1CC=O. The number of allylic oxidation sites excluding steroid dienone is 1. The molecule has 0 heterocycles. The molecule has 0 bridgehead atoms. The first-order valence-corrected chi connectivity index (χ1v) is 21.3. The molecule has 3 rings (SSSR count). The number of aldehydes is 1. The molecule has 0 aromatic heterocycles. The molecule has 0 aliphatic heterocycles. The predicted octanol–water partition coefficient (Wildman–Crippen LogP) is 9.08. The van der Waals surface area contributed by atoms with Crippen LogP contribution in [0.5, 0.6) is 0 Å². The van der Waals surface area contributed by atoms with Gasteiger partial charge in [0.25, 0.3) is 8.32 Å². The average molecular weight is 607 g/mol. The van der Waals surface area contributed by atoms with E-state index in [1.165, 1.54) is 48.9 Å². The fraction of sp³-hybridized carbons (Fsp3) is 0.595. The van der Waals surface area contributed by atoms with Gasteiger partial charge < -0.3 is 13.6 Å². The zero-order valence-corrected chi connectivity index (χ0v) is 29.4. The molecular formula is C37H58O3Si2. The van der Waals surface area contributed by atoms with Gasteiger partial charge in [-0.15, -0.1) is 0 Å². The smallest absolute Gasteiger partial charge is 0.261 e. The average Bonchev–Trinajstić information content (AvgIpc) is 3.37. The predicted molar refractivity (Wildman–Crippen MR) is 185 cm³/mol. The second-order valence-electron chi connectivity index (χ2n) is 13.4. The molecule has 0 saturated heterocycles. The Kier molecular flexibility index (Phi) is 14.0. The zero-order valence-electron chi connectivity index (χ0n) is 27.4. The Morgan fingerprint density at radius 2 is 1.26 bits per heavy atom. The van der Waals surface area contributed by atoms with E-state index in [-0.39, 0.29) is 11.1 Å². The van der Waals surface area contributed by atoms with E-state index < -0.39 is 16.6 Å². The summed E-state index contributed by atoms with van der Waals surface area (Å²) in [7, 11) is -4.11. The molecule has 3 nitrogen and oxygen atoms in total. The summed E-state index contributed by atoms with van der Waals surface area (Å²) in [6.45, 7) is 14.7. The van der Waals surface area contributed by atoms with Crippen LogP contribution in [0.15, 0.2) is 72.8 Å². The molecular weight excluding hydrogens is 549 g/mol. The van der Waals surface area contributed by atoms with Crippen molar-refractivity contribution in [1.82, 2.24) is 0 Å². The summed E-state index contributed by atoms with van der Waals surface area (Å²) >= 11 is 0. The molecule has 3 atom stereocenters.